The fourth-order valence-electron chi connectivity index (χ4n) is 4.06. The molecule has 2 nitrogen and oxygen atoms in total. The van der Waals surface area contributed by atoms with Gasteiger partial charge in [-0.15, -0.1) is 0 Å². The maximum Gasteiger partial charge on any atom is 0.460 e. The van der Waals surface area contributed by atoms with E-state index < -0.39 is 143 Å². The van der Waals surface area contributed by atoms with Gasteiger partial charge in [0.05, 0.1) is 0 Å². The summed E-state index contributed by atoms with van der Waals surface area (Å²) >= 11 is 0. The number of alkyl halides is 43. The number of ether oxygens (including phenoxy) is 1. The largest absolute Gasteiger partial charge is 0.460 e. The number of halogens is 43. The first kappa shape index (κ1) is 66.2. The normalized spacial score (nSPS) is 17.7. The van der Waals surface area contributed by atoms with Gasteiger partial charge in [0.15, 0.2) is 0 Å². The number of rotatable bonds is 20. The first-order valence-electron chi connectivity index (χ1n) is 14.8. The van der Waals surface area contributed by atoms with Crippen molar-refractivity contribution in [3.05, 3.63) is 12.2 Å². The molecule has 0 aliphatic carbocycles. The second-order valence-electron chi connectivity index (χ2n) is 13.1. The number of esters is 1. The van der Waals surface area contributed by atoms with Gasteiger partial charge in [0.25, 0.3) is 0 Å². The van der Waals surface area contributed by atoms with Gasteiger partial charge in [-0.05, 0) is 6.92 Å². The highest BCUT2D eigenvalue weighted by atomic mass is 19.5. The van der Waals surface area contributed by atoms with Crippen LogP contribution in [-0.2, 0) is 9.53 Å². The smallest absolute Gasteiger partial charge is 0.413 e. The Morgan fingerprint density at radius 2 is 0.357 bits per heavy atom. The molecule has 1 unspecified atom stereocenters. The Bertz CT molecular complexity index is 1960. The summed E-state index contributed by atoms with van der Waals surface area (Å²) in [5.41, 5.74) is -2.66. The molecule has 0 heterocycles. The molecule has 45 heteroatoms. The molecule has 1 atom stereocenters. The molecular weight excluding hydrogens is 1150 g/mol. The van der Waals surface area contributed by atoms with Crippen molar-refractivity contribution in [3.63, 3.8) is 0 Å². The van der Waals surface area contributed by atoms with Crippen molar-refractivity contribution >= 4 is 5.97 Å². The zero-order valence-corrected chi connectivity index (χ0v) is 30.3. The molecule has 0 rings (SSSR count). The zero-order chi connectivity index (χ0) is 58.4. The molecule has 0 fully saturated rings. The van der Waals surface area contributed by atoms with E-state index in [9.17, 15) is 189 Å². The van der Waals surface area contributed by atoms with E-state index in [1.54, 1.807) is 11.3 Å². The van der Waals surface area contributed by atoms with E-state index in [-0.39, 0.29) is 0 Å². The average Bonchev–Trinajstić information content (AvgIpc) is 3.11. The SMILES string of the molecule is C=C(C)C(=O)OC(F)(C(F)(F)C(F)(F)C(F)(F)C(F)(F)C(F)(F)C(F)(F)C(F)(F)C(F)(F)C(F)(F)F)C(F)(F)C(F)(F)C(F)(F)C(F)(F)C(F)(F)C(F)(F)C(F)(F)C(F)(F)C(F)(F)C(F)(F)C(F)(F)F. The zero-order valence-electron chi connectivity index (χ0n) is 30.3. The van der Waals surface area contributed by atoms with E-state index in [4.69, 9.17) is 0 Å². The number of carbonyl (C=O) groups is 1. The van der Waals surface area contributed by atoms with Crippen LogP contribution in [0.25, 0.3) is 0 Å². The van der Waals surface area contributed by atoms with Crippen molar-refractivity contribution < 1.29 is 198 Å². The number of hydrogen-bond donors (Lipinski definition) is 0. The van der Waals surface area contributed by atoms with Crippen molar-refractivity contribution in [1.82, 2.24) is 0 Å². The van der Waals surface area contributed by atoms with Crippen molar-refractivity contribution in [1.29, 1.82) is 0 Å². The summed E-state index contributed by atoms with van der Waals surface area (Å²) in [6.07, 6.45) is -17.1. The van der Waals surface area contributed by atoms with E-state index in [1.165, 1.54) is 0 Å². The van der Waals surface area contributed by atoms with Crippen molar-refractivity contribution in [3.8, 4) is 0 Å². The quantitative estimate of drug-likeness (QED) is 0.0690. The highest BCUT2D eigenvalue weighted by Crippen LogP contribution is 2.71. The Hall–Kier alpha value is -3.80. The number of hydrogen-bond acceptors (Lipinski definition) is 2. The Labute approximate surface area is 349 Å². The molecule has 0 bridgehead atoms. The molecule has 0 aromatic rings. The predicted molar refractivity (Wildman–Crippen MR) is 126 cm³/mol. The van der Waals surface area contributed by atoms with Crippen LogP contribution in [0.4, 0.5) is 189 Å². The summed E-state index contributed by atoms with van der Waals surface area (Å²) in [5, 5.41) is 0. The lowest BCUT2D eigenvalue weighted by Crippen LogP contribution is -2.82. The molecule has 0 aliphatic heterocycles. The molecule has 0 aromatic carbocycles. The predicted octanol–water partition coefficient (Wildman–Crippen LogP) is 14.3. The van der Waals surface area contributed by atoms with Gasteiger partial charge in [-0.25, -0.2) is 4.79 Å². The van der Waals surface area contributed by atoms with Crippen LogP contribution in [-0.4, -0.2) is 131 Å². The Morgan fingerprint density at radius 3 is 0.471 bits per heavy atom. The lowest BCUT2D eigenvalue weighted by Gasteiger charge is -2.48. The van der Waals surface area contributed by atoms with Crippen LogP contribution in [0.2, 0.25) is 0 Å². The maximum atomic E-state index is 15.4. The van der Waals surface area contributed by atoms with Gasteiger partial charge >= 0.3 is 131 Å². The van der Waals surface area contributed by atoms with Gasteiger partial charge in [0, 0.05) is 5.57 Å². The summed E-state index contributed by atoms with van der Waals surface area (Å²) < 4.78 is 594. The van der Waals surface area contributed by atoms with E-state index in [0.29, 0.717) is 0 Å². The molecule has 0 aliphatic rings. The highest BCUT2D eigenvalue weighted by molar-refractivity contribution is 5.87. The van der Waals surface area contributed by atoms with E-state index in [2.05, 4.69) is 0 Å². The van der Waals surface area contributed by atoms with Crippen molar-refractivity contribution in [2.75, 3.05) is 0 Å². The summed E-state index contributed by atoms with van der Waals surface area (Å²) in [6.45, 7) is 1.12. The minimum absolute atomic E-state index is 0.632. The van der Waals surface area contributed by atoms with Crippen molar-refractivity contribution in [2.45, 2.75) is 132 Å². The van der Waals surface area contributed by atoms with Gasteiger partial charge < -0.3 is 4.74 Å². The lowest BCUT2D eigenvalue weighted by molar-refractivity contribution is -0.503. The summed E-state index contributed by atoms with van der Waals surface area (Å²) in [6, 6.07) is 0. The van der Waals surface area contributed by atoms with E-state index in [0.717, 1.165) is 0 Å². The van der Waals surface area contributed by atoms with Crippen LogP contribution in [0.15, 0.2) is 12.2 Å². The Morgan fingerprint density at radius 1 is 0.243 bits per heavy atom. The lowest BCUT2D eigenvalue weighted by atomic mass is 9.81. The second kappa shape index (κ2) is 16.1. The topological polar surface area (TPSA) is 26.3 Å². The van der Waals surface area contributed by atoms with Crippen LogP contribution in [0.1, 0.15) is 6.92 Å². The second-order valence-corrected chi connectivity index (χ2v) is 13.1. The molecule has 0 saturated carbocycles. The molecule has 0 N–H and O–H groups in total. The molecule has 0 amide bonds. The van der Waals surface area contributed by atoms with Crippen LogP contribution in [0.5, 0.6) is 0 Å². The third-order valence-electron chi connectivity index (χ3n) is 8.41. The van der Waals surface area contributed by atoms with Gasteiger partial charge in [0.2, 0.25) is 0 Å². The first-order chi connectivity index (χ1) is 29.3. The molecule has 0 radical (unpaired) electrons. The van der Waals surface area contributed by atoms with Crippen molar-refractivity contribution in [2.24, 2.45) is 0 Å². The summed E-state index contributed by atoms with van der Waals surface area (Å²) in [5.74, 6) is -198. The van der Waals surface area contributed by atoms with Gasteiger partial charge in [-0.1, -0.05) is 6.58 Å². The van der Waals surface area contributed by atoms with Gasteiger partial charge in [0.1, 0.15) is 0 Å². The van der Waals surface area contributed by atoms with Gasteiger partial charge in [-0.3, -0.25) is 0 Å². The highest BCUT2D eigenvalue weighted by Gasteiger charge is 3.04. The standard InChI is InChI=1S/C25H5F43O2/c1-3(2)4(69)70-23(62,20(56,57)16(48,49)12(40,41)8(32,33)10(36,37)14(44,45)18(52,53)22(60,61)25(66,67)68)19(54,55)15(46,47)11(38,39)7(30,31)5(26,27)6(28,29)9(34,35)13(42,43)17(50,51)21(58,59)24(63,64)65/h1H2,2H3. The fraction of sp³-hybridized carbons (Fsp3) is 0.880. The molecule has 70 heavy (non-hydrogen) atoms. The summed E-state index contributed by atoms with van der Waals surface area (Å²) in [4.78, 5) is 11.5. The monoisotopic (exact) mass is 1150 g/mol. The third kappa shape index (κ3) is 7.48. The van der Waals surface area contributed by atoms with Crippen LogP contribution in [0.3, 0.4) is 0 Å². The molecule has 0 spiro atoms. The molecule has 418 valence electrons. The first-order valence-corrected chi connectivity index (χ1v) is 14.8. The Balaban J connectivity index is 8.65. The minimum atomic E-state index is -10.7. The maximum absolute atomic E-state index is 15.4. The van der Waals surface area contributed by atoms with Crippen LogP contribution >= 0.6 is 0 Å². The molecular formula is C25H5F43O2. The minimum Gasteiger partial charge on any atom is -0.413 e. The Kier molecular flexibility index (Phi) is 15.2. The number of carbonyl (C=O) groups excluding carboxylic acids is 1. The summed E-state index contributed by atoms with van der Waals surface area (Å²) in [7, 11) is 0. The molecule has 0 aromatic heterocycles. The average molecular weight is 1150 g/mol. The third-order valence-corrected chi connectivity index (χ3v) is 8.41. The van der Waals surface area contributed by atoms with Gasteiger partial charge in [-0.2, -0.15) is 189 Å². The molecule has 0 saturated heterocycles. The fourth-order valence-corrected chi connectivity index (χ4v) is 4.06. The van der Waals surface area contributed by atoms with E-state index >= 15 is 4.39 Å². The van der Waals surface area contributed by atoms with Crippen LogP contribution in [0, 0.1) is 0 Å². The van der Waals surface area contributed by atoms with E-state index in [1.807, 2.05) is 0 Å². The van der Waals surface area contributed by atoms with Crippen LogP contribution < -0.4 is 0 Å².